The van der Waals surface area contributed by atoms with Crippen molar-refractivity contribution in [1.29, 1.82) is 0 Å². The van der Waals surface area contributed by atoms with Crippen molar-refractivity contribution in [3.8, 4) is 0 Å². The molecular weight excluding hydrogens is 294 g/mol. The number of amides is 2. The number of benzene rings is 1. The molecule has 1 aromatic carbocycles. The van der Waals surface area contributed by atoms with Gasteiger partial charge in [-0.2, -0.15) is 8.78 Å². The highest BCUT2D eigenvalue weighted by Gasteiger charge is 2.60. The van der Waals surface area contributed by atoms with Crippen molar-refractivity contribution in [2.45, 2.75) is 37.2 Å². The zero-order valence-electron chi connectivity index (χ0n) is 11.9. The van der Waals surface area contributed by atoms with Gasteiger partial charge in [0.2, 0.25) is 5.91 Å². The molecule has 1 fully saturated rings. The summed E-state index contributed by atoms with van der Waals surface area (Å²) in [5.41, 5.74) is -1.66. The van der Waals surface area contributed by atoms with E-state index in [1.807, 2.05) is 5.32 Å². The molecule has 7 heteroatoms. The number of carbonyl (C=O) groups excluding carboxylic acids is 2. The van der Waals surface area contributed by atoms with Gasteiger partial charge in [-0.3, -0.25) is 9.59 Å². The summed E-state index contributed by atoms with van der Waals surface area (Å²) in [5, 5.41) is 14.2. The summed E-state index contributed by atoms with van der Waals surface area (Å²) in [7, 11) is 0. The average molecular weight is 312 g/mol. The molecule has 3 N–H and O–H groups in total. The minimum Gasteiger partial charge on any atom is -0.383 e. The number of nitrogens with one attached hydrogen (secondary N) is 2. The standard InChI is InChI=1S/C15H18F2N2O3/c16-15(17,14(22)8-4-9-14)13(21)18-10-7-12(20)19-11-5-2-1-3-6-11/h1-3,5-6,22H,4,7-10H2,(H,18,21)(H,19,20). The summed E-state index contributed by atoms with van der Waals surface area (Å²) in [6, 6.07) is 8.67. The molecule has 1 saturated carbocycles. The van der Waals surface area contributed by atoms with E-state index in [4.69, 9.17) is 0 Å². The van der Waals surface area contributed by atoms with Crippen LogP contribution in [0.5, 0.6) is 0 Å². The van der Waals surface area contributed by atoms with Gasteiger partial charge in [0.25, 0.3) is 5.91 Å². The lowest BCUT2D eigenvalue weighted by Gasteiger charge is -2.41. The van der Waals surface area contributed by atoms with Crippen LogP contribution < -0.4 is 10.6 Å². The summed E-state index contributed by atoms with van der Waals surface area (Å²) >= 11 is 0. The lowest BCUT2D eigenvalue weighted by atomic mass is 9.75. The third-order valence-corrected chi connectivity index (χ3v) is 3.75. The number of carbonyl (C=O) groups is 2. The quantitative estimate of drug-likeness (QED) is 0.748. The number of aliphatic hydroxyl groups is 1. The molecule has 0 aliphatic heterocycles. The normalized spacial score (nSPS) is 16.5. The number of hydrogen-bond donors (Lipinski definition) is 3. The molecule has 0 spiro atoms. The van der Waals surface area contributed by atoms with Crippen LogP contribution in [0.2, 0.25) is 0 Å². The molecule has 5 nitrogen and oxygen atoms in total. The minimum atomic E-state index is -3.83. The van der Waals surface area contributed by atoms with Crippen LogP contribution in [0.4, 0.5) is 14.5 Å². The number of rotatable bonds is 6. The smallest absolute Gasteiger partial charge is 0.352 e. The molecule has 1 aliphatic rings. The first-order chi connectivity index (χ1) is 10.3. The third kappa shape index (κ3) is 3.41. The molecule has 1 aromatic rings. The van der Waals surface area contributed by atoms with Gasteiger partial charge in [0, 0.05) is 18.7 Å². The van der Waals surface area contributed by atoms with Gasteiger partial charge in [0.15, 0.2) is 0 Å². The fraction of sp³-hybridized carbons (Fsp3) is 0.467. The van der Waals surface area contributed by atoms with Gasteiger partial charge in [-0.05, 0) is 31.4 Å². The second-order valence-corrected chi connectivity index (χ2v) is 5.38. The Hall–Kier alpha value is -2.02. The predicted octanol–water partition coefficient (Wildman–Crippen LogP) is 1.68. The first-order valence-corrected chi connectivity index (χ1v) is 7.08. The van der Waals surface area contributed by atoms with Gasteiger partial charge < -0.3 is 15.7 Å². The molecule has 0 radical (unpaired) electrons. The summed E-state index contributed by atoms with van der Waals surface area (Å²) in [6.07, 6.45) is 0.151. The Morgan fingerprint density at radius 1 is 1.23 bits per heavy atom. The molecule has 0 aromatic heterocycles. The molecule has 1 aliphatic carbocycles. The average Bonchev–Trinajstić information content (AvgIpc) is 2.45. The molecule has 0 bridgehead atoms. The molecule has 0 atom stereocenters. The van der Waals surface area contributed by atoms with Gasteiger partial charge in [0.05, 0.1) is 0 Å². The monoisotopic (exact) mass is 312 g/mol. The minimum absolute atomic E-state index is 0.0953. The molecule has 22 heavy (non-hydrogen) atoms. The van der Waals surface area contributed by atoms with E-state index in [9.17, 15) is 23.5 Å². The van der Waals surface area contributed by atoms with Gasteiger partial charge >= 0.3 is 5.92 Å². The Morgan fingerprint density at radius 2 is 1.86 bits per heavy atom. The van der Waals surface area contributed by atoms with E-state index >= 15 is 0 Å². The summed E-state index contributed by atoms with van der Waals surface area (Å²) in [6.45, 7) is -0.219. The van der Waals surface area contributed by atoms with Gasteiger partial charge in [0.1, 0.15) is 5.60 Å². The number of halogens is 2. The molecular formula is C15H18F2N2O3. The van der Waals surface area contributed by atoms with Crippen molar-refractivity contribution in [2.75, 3.05) is 11.9 Å². The van der Waals surface area contributed by atoms with Crippen LogP contribution in [0.15, 0.2) is 30.3 Å². The van der Waals surface area contributed by atoms with Crippen LogP contribution in [0.1, 0.15) is 25.7 Å². The van der Waals surface area contributed by atoms with Crippen molar-refractivity contribution in [3.63, 3.8) is 0 Å². The van der Waals surface area contributed by atoms with Crippen molar-refractivity contribution in [3.05, 3.63) is 30.3 Å². The lowest BCUT2D eigenvalue weighted by molar-refractivity contribution is -0.215. The van der Waals surface area contributed by atoms with Crippen LogP contribution in [0, 0.1) is 0 Å². The Morgan fingerprint density at radius 3 is 2.41 bits per heavy atom. The maximum Gasteiger partial charge on any atom is 0.352 e. The molecule has 2 rings (SSSR count). The van der Waals surface area contributed by atoms with Gasteiger partial charge in [-0.25, -0.2) is 0 Å². The number of anilines is 1. The Kier molecular flexibility index (Phi) is 4.75. The van der Waals surface area contributed by atoms with Crippen LogP contribution in [-0.2, 0) is 9.59 Å². The van der Waals surface area contributed by atoms with E-state index in [0.717, 1.165) is 0 Å². The highest BCUT2D eigenvalue weighted by Crippen LogP contribution is 2.44. The summed E-state index contributed by atoms with van der Waals surface area (Å²) in [4.78, 5) is 23.1. The molecule has 0 heterocycles. The second-order valence-electron chi connectivity index (χ2n) is 5.38. The number of para-hydroxylation sites is 1. The predicted molar refractivity (Wildman–Crippen MR) is 76.4 cm³/mol. The van der Waals surface area contributed by atoms with E-state index in [2.05, 4.69) is 5.32 Å². The maximum absolute atomic E-state index is 13.8. The Labute approximate surface area is 126 Å². The summed E-state index contributed by atoms with van der Waals surface area (Å²) < 4.78 is 27.5. The number of hydrogen-bond acceptors (Lipinski definition) is 3. The van der Waals surface area contributed by atoms with Crippen LogP contribution in [0.25, 0.3) is 0 Å². The second kappa shape index (κ2) is 6.39. The Balaban J connectivity index is 1.76. The van der Waals surface area contributed by atoms with Crippen LogP contribution >= 0.6 is 0 Å². The highest BCUT2D eigenvalue weighted by molar-refractivity contribution is 5.91. The number of alkyl halides is 2. The molecule has 0 saturated heterocycles. The molecule has 0 unspecified atom stereocenters. The first kappa shape index (κ1) is 16.4. The van der Waals surface area contributed by atoms with Gasteiger partial charge in [-0.15, -0.1) is 0 Å². The third-order valence-electron chi connectivity index (χ3n) is 3.75. The van der Waals surface area contributed by atoms with Crippen molar-refractivity contribution in [1.82, 2.24) is 5.32 Å². The van der Waals surface area contributed by atoms with Crippen molar-refractivity contribution >= 4 is 17.5 Å². The van der Waals surface area contributed by atoms with E-state index in [-0.39, 0.29) is 25.8 Å². The van der Waals surface area contributed by atoms with E-state index in [0.29, 0.717) is 12.1 Å². The van der Waals surface area contributed by atoms with Crippen molar-refractivity contribution in [2.24, 2.45) is 0 Å². The maximum atomic E-state index is 13.8. The highest BCUT2D eigenvalue weighted by atomic mass is 19.3. The van der Waals surface area contributed by atoms with E-state index in [1.165, 1.54) is 0 Å². The zero-order chi connectivity index (χ0) is 16.2. The van der Waals surface area contributed by atoms with Gasteiger partial charge in [-0.1, -0.05) is 18.2 Å². The fourth-order valence-corrected chi connectivity index (χ4v) is 2.18. The van der Waals surface area contributed by atoms with Crippen LogP contribution in [0.3, 0.4) is 0 Å². The zero-order valence-corrected chi connectivity index (χ0v) is 11.9. The van der Waals surface area contributed by atoms with E-state index < -0.39 is 23.3 Å². The fourth-order valence-electron chi connectivity index (χ4n) is 2.18. The van der Waals surface area contributed by atoms with Crippen molar-refractivity contribution < 1.29 is 23.5 Å². The molecule has 120 valence electrons. The largest absolute Gasteiger partial charge is 0.383 e. The summed E-state index contributed by atoms with van der Waals surface area (Å²) in [5.74, 6) is -5.76. The topological polar surface area (TPSA) is 78.4 Å². The first-order valence-electron chi connectivity index (χ1n) is 7.08. The lowest BCUT2D eigenvalue weighted by Crippen LogP contribution is -2.60. The SMILES string of the molecule is O=C(CCNC(=O)C(F)(F)C1(O)CCC1)Nc1ccccc1. The molecule has 2 amide bonds. The van der Waals surface area contributed by atoms with Crippen LogP contribution in [-0.4, -0.2) is 35.0 Å². The Bertz CT molecular complexity index is 545. The van der Waals surface area contributed by atoms with E-state index in [1.54, 1.807) is 30.3 Å².